The summed E-state index contributed by atoms with van der Waals surface area (Å²) in [7, 11) is 0. The monoisotopic (exact) mass is 460 g/mol. The SMILES string of the molecule is Cc1ccc2c(n1)c1c3ccc4ccc(Br)c5ccc(cc1n2-c1ccccc1)c3c45. The summed E-state index contributed by atoms with van der Waals surface area (Å²) in [5, 5.41) is 8.91. The fourth-order valence-electron chi connectivity index (χ4n) is 5.15. The van der Waals surface area contributed by atoms with Crippen molar-refractivity contribution in [2.75, 3.05) is 0 Å². The predicted molar refractivity (Wildman–Crippen MR) is 135 cm³/mol. The van der Waals surface area contributed by atoms with Gasteiger partial charge in [0.25, 0.3) is 0 Å². The summed E-state index contributed by atoms with van der Waals surface area (Å²) in [6, 6.07) is 30.6. The lowest BCUT2D eigenvalue weighted by molar-refractivity contribution is 1.17. The highest BCUT2D eigenvalue weighted by molar-refractivity contribution is 9.10. The summed E-state index contributed by atoms with van der Waals surface area (Å²) >= 11 is 3.76. The molecule has 0 aliphatic rings. The topological polar surface area (TPSA) is 17.8 Å². The van der Waals surface area contributed by atoms with Gasteiger partial charge < -0.3 is 4.57 Å². The van der Waals surface area contributed by atoms with E-state index in [1.165, 1.54) is 43.2 Å². The number of pyridine rings is 1. The lowest BCUT2D eigenvalue weighted by Crippen LogP contribution is -1.94. The number of para-hydroxylation sites is 1. The Kier molecular flexibility index (Phi) is 3.37. The van der Waals surface area contributed by atoms with E-state index in [-0.39, 0.29) is 0 Å². The number of halogens is 1. The minimum Gasteiger partial charge on any atom is -0.308 e. The second kappa shape index (κ2) is 6.05. The molecule has 0 atom stereocenters. The maximum absolute atomic E-state index is 5.02. The molecule has 0 amide bonds. The van der Waals surface area contributed by atoms with Crippen LogP contribution in [0, 0.1) is 6.92 Å². The number of aromatic nitrogens is 2. The average Bonchev–Trinajstić information content (AvgIpc) is 3.12. The standard InChI is InChI=1S/C28H17BrN2/c1-16-7-14-23-28(30-16)27-21-12-8-17-10-13-22(29)20-11-9-18(26(21)25(17)20)15-24(27)31(23)19-5-3-2-4-6-19/h2-15H,1H3. The smallest absolute Gasteiger partial charge is 0.0972 e. The number of fused-ring (bicyclic) bond motifs is 4. The molecule has 7 aromatic rings. The fourth-order valence-corrected chi connectivity index (χ4v) is 5.61. The van der Waals surface area contributed by atoms with E-state index >= 15 is 0 Å². The lowest BCUT2D eigenvalue weighted by atomic mass is 9.92. The van der Waals surface area contributed by atoms with E-state index in [0.29, 0.717) is 0 Å². The predicted octanol–water partition coefficient (Wildman–Crippen LogP) is 8.15. The van der Waals surface area contributed by atoms with Gasteiger partial charge in [0, 0.05) is 21.2 Å². The molecule has 0 unspecified atom stereocenters. The molecule has 0 aliphatic heterocycles. The Bertz CT molecular complexity index is 1800. The van der Waals surface area contributed by atoms with E-state index in [2.05, 4.69) is 112 Å². The van der Waals surface area contributed by atoms with Crippen molar-refractivity contribution in [2.45, 2.75) is 6.92 Å². The molecule has 7 rings (SSSR count). The molecule has 3 heteroatoms. The van der Waals surface area contributed by atoms with Crippen molar-refractivity contribution in [2.24, 2.45) is 0 Å². The Morgan fingerprint density at radius 2 is 1.42 bits per heavy atom. The van der Waals surface area contributed by atoms with Gasteiger partial charge in [0.1, 0.15) is 0 Å². The Balaban J connectivity index is 1.80. The van der Waals surface area contributed by atoms with Gasteiger partial charge in [0.05, 0.1) is 16.6 Å². The number of hydrogen-bond acceptors (Lipinski definition) is 1. The maximum Gasteiger partial charge on any atom is 0.0972 e. The molecular formula is C28H17BrN2. The highest BCUT2D eigenvalue weighted by Gasteiger charge is 2.19. The number of rotatable bonds is 1. The van der Waals surface area contributed by atoms with Gasteiger partial charge in [-0.3, -0.25) is 4.98 Å². The van der Waals surface area contributed by atoms with Crippen LogP contribution in [0.2, 0.25) is 0 Å². The van der Waals surface area contributed by atoms with Gasteiger partial charge in [-0.15, -0.1) is 0 Å². The second-order valence-corrected chi connectivity index (χ2v) is 9.09. The van der Waals surface area contributed by atoms with Crippen LogP contribution in [0.5, 0.6) is 0 Å². The molecule has 2 nitrogen and oxygen atoms in total. The molecule has 0 aliphatic carbocycles. The number of hydrogen-bond donors (Lipinski definition) is 0. The molecule has 0 spiro atoms. The summed E-state index contributed by atoms with van der Waals surface area (Å²) < 4.78 is 3.48. The average molecular weight is 461 g/mol. The third-order valence-electron chi connectivity index (χ3n) is 6.46. The zero-order valence-corrected chi connectivity index (χ0v) is 18.4. The summed E-state index contributed by atoms with van der Waals surface area (Å²) in [6.45, 7) is 2.07. The van der Waals surface area contributed by atoms with Gasteiger partial charge in [-0.2, -0.15) is 0 Å². The van der Waals surface area contributed by atoms with Gasteiger partial charge in [0.15, 0.2) is 0 Å². The normalized spacial score (nSPS) is 12.2. The largest absolute Gasteiger partial charge is 0.308 e. The molecular weight excluding hydrogens is 444 g/mol. The van der Waals surface area contributed by atoms with Gasteiger partial charge in [0.2, 0.25) is 0 Å². The minimum atomic E-state index is 1.04. The highest BCUT2D eigenvalue weighted by atomic mass is 79.9. The number of benzene rings is 5. The summed E-state index contributed by atoms with van der Waals surface area (Å²) in [6.07, 6.45) is 0. The zero-order valence-electron chi connectivity index (χ0n) is 16.9. The Labute approximate surface area is 187 Å². The Morgan fingerprint density at radius 3 is 2.29 bits per heavy atom. The minimum absolute atomic E-state index is 1.04. The molecule has 0 saturated heterocycles. The molecule has 2 aromatic heterocycles. The Morgan fingerprint density at radius 1 is 0.677 bits per heavy atom. The van der Waals surface area contributed by atoms with E-state index in [1.807, 2.05) is 0 Å². The van der Waals surface area contributed by atoms with Gasteiger partial charge >= 0.3 is 0 Å². The summed E-state index contributed by atoms with van der Waals surface area (Å²) in [5.41, 5.74) is 5.60. The molecule has 0 saturated carbocycles. The first kappa shape index (κ1) is 17.3. The fraction of sp³-hybridized carbons (Fsp3) is 0.0357. The van der Waals surface area contributed by atoms with Crippen LogP contribution in [-0.2, 0) is 0 Å². The third-order valence-corrected chi connectivity index (χ3v) is 7.15. The van der Waals surface area contributed by atoms with E-state index in [0.717, 1.165) is 26.9 Å². The first-order valence-electron chi connectivity index (χ1n) is 10.4. The van der Waals surface area contributed by atoms with Crippen molar-refractivity contribution in [1.82, 2.24) is 9.55 Å². The van der Waals surface area contributed by atoms with Crippen molar-refractivity contribution in [1.29, 1.82) is 0 Å². The van der Waals surface area contributed by atoms with Crippen molar-refractivity contribution < 1.29 is 0 Å². The van der Waals surface area contributed by atoms with Crippen LogP contribution in [0.15, 0.2) is 89.4 Å². The van der Waals surface area contributed by atoms with Crippen LogP contribution in [0.25, 0.3) is 59.9 Å². The van der Waals surface area contributed by atoms with E-state index in [1.54, 1.807) is 0 Å². The van der Waals surface area contributed by atoms with Gasteiger partial charge in [-0.1, -0.05) is 64.5 Å². The highest BCUT2D eigenvalue weighted by Crippen LogP contribution is 2.43. The molecule has 0 fully saturated rings. The molecule has 5 aromatic carbocycles. The van der Waals surface area contributed by atoms with E-state index < -0.39 is 0 Å². The Hall–Kier alpha value is -3.43. The van der Waals surface area contributed by atoms with Gasteiger partial charge in [-0.25, -0.2) is 0 Å². The lowest BCUT2D eigenvalue weighted by Gasteiger charge is -2.14. The van der Waals surface area contributed by atoms with Gasteiger partial charge in [-0.05, 0) is 75.6 Å². The van der Waals surface area contributed by atoms with Crippen LogP contribution >= 0.6 is 15.9 Å². The zero-order chi connectivity index (χ0) is 20.7. The van der Waals surface area contributed by atoms with Crippen LogP contribution in [-0.4, -0.2) is 9.55 Å². The maximum atomic E-state index is 5.02. The van der Waals surface area contributed by atoms with Crippen LogP contribution in [0.3, 0.4) is 0 Å². The molecule has 146 valence electrons. The second-order valence-electron chi connectivity index (χ2n) is 8.23. The van der Waals surface area contributed by atoms with Crippen LogP contribution in [0.4, 0.5) is 0 Å². The third kappa shape index (κ3) is 2.24. The van der Waals surface area contributed by atoms with Crippen molar-refractivity contribution in [3.05, 3.63) is 95.1 Å². The molecule has 2 heterocycles. The number of nitrogens with zero attached hydrogens (tertiary/aromatic N) is 2. The van der Waals surface area contributed by atoms with Crippen LogP contribution in [0.1, 0.15) is 5.69 Å². The van der Waals surface area contributed by atoms with E-state index in [4.69, 9.17) is 4.98 Å². The quantitative estimate of drug-likeness (QED) is 0.226. The summed E-state index contributed by atoms with van der Waals surface area (Å²) in [5.74, 6) is 0. The van der Waals surface area contributed by atoms with E-state index in [9.17, 15) is 0 Å². The molecule has 31 heavy (non-hydrogen) atoms. The van der Waals surface area contributed by atoms with Crippen LogP contribution < -0.4 is 0 Å². The van der Waals surface area contributed by atoms with Crippen molar-refractivity contribution >= 4 is 70.2 Å². The van der Waals surface area contributed by atoms with Crippen molar-refractivity contribution in [3.8, 4) is 5.69 Å². The van der Waals surface area contributed by atoms with Crippen molar-refractivity contribution in [3.63, 3.8) is 0 Å². The number of aryl methyl sites for hydroxylation is 1. The molecule has 0 radical (unpaired) electrons. The molecule has 0 N–H and O–H groups in total. The first-order chi connectivity index (χ1) is 15.2. The summed E-state index contributed by atoms with van der Waals surface area (Å²) in [4.78, 5) is 5.02. The molecule has 0 bridgehead atoms. The first-order valence-corrected chi connectivity index (χ1v) is 11.2.